The minimum absolute atomic E-state index is 0.179. The number of nitrogens with two attached hydrogens (primary N) is 1. The highest BCUT2D eigenvalue weighted by atomic mass is 19.1. The van der Waals surface area contributed by atoms with Crippen LogP contribution in [0.5, 0.6) is 0 Å². The number of halogens is 1. The molecule has 0 aliphatic carbocycles. The molecule has 166 valence electrons. The zero-order valence-electron chi connectivity index (χ0n) is 17.3. The number of aromatic carboxylic acids is 1. The number of aromatic nitrogens is 5. The van der Waals surface area contributed by atoms with Gasteiger partial charge in [0.1, 0.15) is 5.82 Å². The quantitative estimate of drug-likeness (QED) is 0.372. The maximum atomic E-state index is 13.8. The molecular formula is C20H19FN6O5. The van der Waals surface area contributed by atoms with E-state index >= 15 is 0 Å². The number of nitrogens with one attached hydrogen (secondary N) is 2. The third kappa shape index (κ3) is 4.69. The van der Waals surface area contributed by atoms with Crippen LogP contribution in [0, 0.1) is 5.82 Å². The summed E-state index contributed by atoms with van der Waals surface area (Å²) in [5.74, 6) is -2.67. The first-order valence-electron chi connectivity index (χ1n) is 9.21. The van der Waals surface area contributed by atoms with E-state index in [1.54, 1.807) is 12.1 Å². The van der Waals surface area contributed by atoms with Gasteiger partial charge in [0.15, 0.2) is 5.65 Å². The van der Waals surface area contributed by atoms with Gasteiger partial charge in [-0.1, -0.05) is 26.8 Å². The van der Waals surface area contributed by atoms with Crippen molar-refractivity contribution in [2.45, 2.75) is 26.2 Å². The van der Waals surface area contributed by atoms with Gasteiger partial charge in [-0.3, -0.25) is 9.78 Å². The van der Waals surface area contributed by atoms with E-state index in [9.17, 15) is 18.8 Å². The van der Waals surface area contributed by atoms with Crippen molar-refractivity contribution in [3.8, 4) is 11.1 Å². The number of pyridine rings is 1. The molecule has 3 aromatic heterocycles. The fourth-order valence-electron chi connectivity index (χ4n) is 2.67. The smallest absolute Gasteiger partial charge is 0.377 e. The van der Waals surface area contributed by atoms with Crippen molar-refractivity contribution in [3.63, 3.8) is 0 Å². The van der Waals surface area contributed by atoms with Crippen LogP contribution in [0.4, 0.5) is 4.39 Å². The number of amides is 1. The largest absolute Gasteiger partial charge is 0.475 e. The lowest BCUT2D eigenvalue weighted by Gasteiger charge is -2.10. The Kier molecular flexibility index (Phi) is 5.87. The van der Waals surface area contributed by atoms with Crippen LogP contribution in [0.3, 0.4) is 0 Å². The molecule has 0 saturated carbocycles. The van der Waals surface area contributed by atoms with Crippen LogP contribution in [0.25, 0.3) is 22.3 Å². The minimum atomic E-state index is -1.17. The lowest BCUT2D eigenvalue weighted by molar-refractivity contribution is 0.0679. The molecule has 1 amide bonds. The number of imidazole rings is 1. The van der Waals surface area contributed by atoms with Gasteiger partial charge in [-0.05, 0) is 28.9 Å². The average Bonchev–Trinajstić information content (AvgIpc) is 3.34. The predicted octanol–water partition coefficient (Wildman–Crippen LogP) is 2.22. The number of hydrogen-bond donors (Lipinski definition) is 4. The van der Waals surface area contributed by atoms with Crippen molar-refractivity contribution in [1.82, 2.24) is 25.1 Å². The van der Waals surface area contributed by atoms with E-state index in [2.05, 4.69) is 25.1 Å². The highest BCUT2D eigenvalue weighted by Crippen LogP contribution is 2.26. The Morgan fingerprint density at radius 2 is 1.91 bits per heavy atom. The van der Waals surface area contributed by atoms with Crippen molar-refractivity contribution in [1.29, 1.82) is 0 Å². The van der Waals surface area contributed by atoms with Gasteiger partial charge in [0, 0.05) is 17.2 Å². The predicted molar refractivity (Wildman–Crippen MR) is 111 cm³/mol. The third-order valence-electron chi connectivity index (χ3n) is 4.23. The second-order valence-corrected chi connectivity index (χ2v) is 7.70. The number of aromatic amines is 2. The third-order valence-corrected chi connectivity index (χ3v) is 4.23. The number of carbonyl (C=O) groups excluding carboxylic acids is 1. The van der Waals surface area contributed by atoms with E-state index in [1.165, 1.54) is 18.3 Å². The van der Waals surface area contributed by atoms with Gasteiger partial charge in [-0.25, -0.2) is 19.0 Å². The Balaban J connectivity index is 0.000000207. The topological polar surface area (TPSA) is 181 Å². The van der Waals surface area contributed by atoms with Crippen LogP contribution in [-0.4, -0.2) is 42.1 Å². The van der Waals surface area contributed by atoms with Gasteiger partial charge < -0.3 is 20.3 Å². The van der Waals surface area contributed by atoms with Crippen molar-refractivity contribution in [3.05, 3.63) is 64.0 Å². The average molecular weight is 442 g/mol. The molecule has 11 nitrogen and oxygen atoms in total. The summed E-state index contributed by atoms with van der Waals surface area (Å²) in [5.41, 5.74) is 6.14. The van der Waals surface area contributed by atoms with Crippen LogP contribution in [-0.2, 0) is 5.41 Å². The first kappa shape index (κ1) is 22.3. The lowest BCUT2D eigenvalue weighted by Crippen LogP contribution is -2.12. The van der Waals surface area contributed by atoms with Crippen LogP contribution >= 0.6 is 0 Å². The molecule has 4 rings (SSSR count). The second-order valence-electron chi connectivity index (χ2n) is 7.70. The monoisotopic (exact) mass is 442 g/mol. The van der Waals surface area contributed by atoms with Gasteiger partial charge in [0.25, 0.3) is 11.7 Å². The number of rotatable bonds is 3. The summed E-state index contributed by atoms with van der Waals surface area (Å²) in [6.07, 6.45) is 1.50. The Hall–Kier alpha value is -4.35. The number of nitrogens with zero attached hydrogens (tertiary/aromatic N) is 3. The molecule has 3 heterocycles. The Bertz CT molecular complexity index is 1360. The number of carbonyl (C=O) groups is 2. The molecule has 0 atom stereocenters. The first-order chi connectivity index (χ1) is 15.0. The minimum Gasteiger partial charge on any atom is -0.475 e. The fraction of sp³-hybridized carbons (Fsp3) is 0.200. The molecule has 12 heteroatoms. The van der Waals surface area contributed by atoms with Crippen molar-refractivity contribution in [2.75, 3.05) is 0 Å². The van der Waals surface area contributed by atoms with E-state index in [0.29, 0.717) is 28.2 Å². The van der Waals surface area contributed by atoms with E-state index in [4.69, 9.17) is 15.4 Å². The molecule has 4 aromatic rings. The number of carboxylic acids is 1. The number of fused-ring (bicyclic) bond motifs is 1. The molecule has 0 unspecified atom stereocenters. The molecule has 0 fully saturated rings. The van der Waals surface area contributed by atoms with Crippen LogP contribution in [0.2, 0.25) is 0 Å². The molecule has 0 spiro atoms. The van der Waals surface area contributed by atoms with Gasteiger partial charge in [-0.15, -0.1) is 0 Å². The summed E-state index contributed by atoms with van der Waals surface area (Å²) < 4.78 is 18.5. The van der Waals surface area contributed by atoms with Crippen molar-refractivity contribution < 1.29 is 23.6 Å². The van der Waals surface area contributed by atoms with Gasteiger partial charge in [-0.2, -0.15) is 4.98 Å². The summed E-state index contributed by atoms with van der Waals surface area (Å²) >= 11 is 0. The summed E-state index contributed by atoms with van der Waals surface area (Å²) in [5, 5.41) is 11.8. The van der Waals surface area contributed by atoms with Crippen molar-refractivity contribution >= 4 is 23.0 Å². The second kappa shape index (κ2) is 8.41. The highest BCUT2D eigenvalue weighted by molar-refractivity contribution is 5.95. The maximum absolute atomic E-state index is 13.8. The number of carboxylic acid groups (broad SMARTS) is 1. The SMILES string of the molecule is CC(C)(C)c1nc(C(=O)O)no1.NC(=O)c1ccc(-c2ccnc3[nH]c(=O)[nH]c23)cc1F. The number of hydrogen-bond acceptors (Lipinski definition) is 7. The zero-order valence-corrected chi connectivity index (χ0v) is 17.3. The molecule has 0 saturated heterocycles. The lowest BCUT2D eigenvalue weighted by atomic mass is 9.97. The summed E-state index contributed by atoms with van der Waals surface area (Å²) in [6.45, 7) is 5.60. The molecular weight excluding hydrogens is 423 g/mol. The van der Waals surface area contributed by atoms with Gasteiger partial charge in [0.2, 0.25) is 5.89 Å². The molecule has 0 radical (unpaired) electrons. The summed E-state index contributed by atoms with van der Waals surface area (Å²) in [6, 6.07) is 5.71. The van der Waals surface area contributed by atoms with E-state index < -0.39 is 23.4 Å². The molecule has 1 aromatic carbocycles. The van der Waals surface area contributed by atoms with Gasteiger partial charge in [0.05, 0.1) is 11.1 Å². The van der Waals surface area contributed by atoms with Crippen LogP contribution < -0.4 is 11.4 Å². The van der Waals surface area contributed by atoms with E-state index in [1.807, 2.05) is 20.8 Å². The molecule has 5 N–H and O–H groups in total. The Morgan fingerprint density at radius 1 is 1.19 bits per heavy atom. The molecule has 0 aliphatic rings. The summed E-state index contributed by atoms with van der Waals surface area (Å²) in [4.78, 5) is 45.5. The number of benzene rings is 1. The fourth-order valence-corrected chi connectivity index (χ4v) is 2.67. The molecule has 0 aliphatic heterocycles. The first-order valence-corrected chi connectivity index (χ1v) is 9.21. The van der Waals surface area contributed by atoms with Crippen LogP contribution in [0.1, 0.15) is 47.6 Å². The Morgan fingerprint density at radius 3 is 2.44 bits per heavy atom. The molecule has 0 bridgehead atoms. The van der Waals surface area contributed by atoms with Gasteiger partial charge >= 0.3 is 11.7 Å². The Labute approximate surface area is 179 Å². The zero-order chi connectivity index (χ0) is 23.6. The molecule has 32 heavy (non-hydrogen) atoms. The van der Waals surface area contributed by atoms with Crippen LogP contribution in [0.15, 0.2) is 39.8 Å². The van der Waals surface area contributed by atoms with E-state index in [-0.39, 0.29) is 16.8 Å². The number of H-pyrrole nitrogens is 2. The normalized spacial score (nSPS) is 11.1. The van der Waals surface area contributed by atoms with Crippen molar-refractivity contribution in [2.24, 2.45) is 5.73 Å². The highest BCUT2D eigenvalue weighted by Gasteiger charge is 2.23. The summed E-state index contributed by atoms with van der Waals surface area (Å²) in [7, 11) is 0. The van der Waals surface area contributed by atoms with E-state index in [0.717, 1.165) is 0 Å². The standard InChI is InChI=1S/C13H9FN4O2.C7H10N2O3/c14-9-5-6(1-2-8(9)11(15)19)7-3-4-16-12-10(7)17-13(20)18-12;1-7(2,3)6-8-4(5(10)11)9-12-6/h1-5H,(H2,15,19)(H2,16,17,18,20);1-3H3,(H,10,11). The maximum Gasteiger partial charge on any atom is 0.377 e. The number of primary amides is 1.